The van der Waals surface area contributed by atoms with Crippen molar-refractivity contribution < 1.29 is 52.9 Å². The Balaban J connectivity index is 1.34. The molecule has 8 amide bonds. The lowest BCUT2D eigenvalue weighted by Gasteiger charge is -2.42. The highest BCUT2D eigenvalue weighted by Crippen LogP contribution is 2.30. The zero-order chi connectivity index (χ0) is 56.2. The zero-order valence-corrected chi connectivity index (χ0v) is 46.9. The van der Waals surface area contributed by atoms with Crippen LogP contribution in [0.25, 0.3) is 0 Å². The number of ether oxygens (including phenoxy) is 3. The van der Waals surface area contributed by atoms with E-state index in [0.717, 1.165) is 12.0 Å². The number of carbonyl (C=O) groups excluding carboxylic acids is 7. The van der Waals surface area contributed by atoms with E-state index in [1.54, 1.807) is 86.2 Å². The highest BCUT2D eigenvalue weighted by Gasteiger charge is 2.44. The molecule has 0 aliphatic carbocycles. The summed E-state index contributed by atoms with van der Waals surface area (Å²) >= 11 is 0. The van der Waals surface area contributed by atoms with Crippen molar-refractivity contribution >= 4 is 47.3 Å². The number of nitrogens with one attached hydrogen (secondary N) is 4. The van der Waals surface area contributed by atoms with Crippen LogP contribution in [0.2, 0.25) is 0 Å². The Labute approximate surface area is 450 Å². The van der Waals surface area contributed by atoms with Gasteiger partial charge in [-0.3, -0.25) is 28.9 Å². The Morgan fingerprint density at radius 2 is 1.47 bits per heavy atom. The molecule has 2 aromatic rings. The van der Waals surface area contributed by atoms with Crippen molar-refractivity contribution in [3.8, 4) is 0 Å². The molecule has 10 atom stereocenters. The van der Waals surface area contributed by atoms with Gasteiger partial charge in [-0.15, -0.1) is 0 Å². The molecule has 0 spiro atoms. The minimum atomic E-state index is -0.909. The van der Waals surface area contributed by atoms with Crippen LogP contribution in [0.5, 0.6) is 0 Å². The number of urea groups is 1. The third-order valence-electron chi connectivity index (χ3n) is 15.1. The van der Waals surface area contributed by atoms with Crippen molar-refractivity contribution in [1.29, 1.82) is 0 Å². The van der Waals surface area contributed by atoms with Gasteiger partial charge in [-0.1, -0.05) is 97.4 Å². The molecule has 0 radical (unpaired) electrons. The monoisotopic (exact) mass is 1060 g/mol. The number of hydrogen-bond acceptors (Lipinski definition) is 12. The summed E-state index contributed by atoms with van der Waals surface area (Å²) in [5.74, 6) is -2.38. The van der Waals surface area contributed by atoms with Gasteiger partial charge in [-0.25, -0.2) is 9.59 Å². The number of primary amides is 1. The van der Waals surface area contributed by atoms with Crippen LogP contribution in [0, 0.1) is 23.7 Å². The fourth-order valence-electron chi connectivity index (χ4n) is 10.5. The maximum absolute atomic E-state index is 14.7. The standard InChI is InChI=1S/C56H89N9O11/c1-12-37(6)49(44(74-10)33-46(67)65-28-18-21-43(65)51(75-11)38(7)52(69)59-39(8)50(68)41-19-14-13-15-20-41)62(9)54(71)47(35(2)3)61-53(70)48(36(4)5)63-29-31-64(32-30-63)56(73)76-34-40-23-25-42(26-24-40)60-45(66)22-16-17-27-58-55(57)72/h13-15,19-20,23-26,35-39,43-44,47-51,68H,12,16-18,21-22,27-34H2,1-11H3,(H,59,69)(H,60,66)(H,61,70)(H3,57,58,72)/t37-,38+,39+,43-,44?,47-,48-,49-,50+,51+/m0/s1. The molecule has 2 aliphatic rings. The summed E-state index contributed by atoms with van der Waals surface area (Å²) in [4.78, 5) is 101. The second-order valence-electron chi connectivity index (χ2n) is 21.2. The summed E-state index contributed by atoms with van der Waals surface area (Å²) < 4.78 is 17.7. The number of hydrogen-bond donors (Lipinski definition) is 6. The number of likely N-dealkylation sites (tertiary alicyclic amines) is 1. The molecule has 2 aromatic carbocycles. The molecule has 0 bridgehead atoms. The number of nitrogens with two attached hydrogens (primary N) is 1. The van der Waals surface area contributed by atoms with Crippen molar-refractivity contribution in [1.82, 2.24) is 35.6 Å². The van der Waals surface area contributed by atoms with Crippen molar-refractivity contribution in [2.45, 2.75) is 155 Å². The SMILES string of the molecule is CC[C@H](C)[C@@H](C(CC(=O)N1CCC[C@H]1[C@H](OC)[C@@H](C)C(=O)N[C@H](C)[C@@H](O)c1ccccc1)OC)N(C)C(=O)[C@@H](NC(=O)[C@H](C(C)C)N1CCN(C(=O)OCc2ccc(NC(=O)CCCCNC(N)=O)cc2)CC1)C(C)C. The topological polar surface area (TPSA) is 255 Å². The molecule has 2 fully saturated rings. The maximum atomic E-state index is 14.7. The number of rotatable bonds is 28. The molecule has 1 unspecified atom stereocenters. The van der Waals surface area contributed by atoms with E-state index >= 15 is 0 Å². The van der Waals surface area contributed by atoms with Gasteiger partial charge in [0.15, 0.2) is 0 Å². The average Bonchev–Trinajstić information content (AvgIpc) is 3.89. The smallest absolute Gasteiger partial charge is 0.410 e. The molecular formula is C56H89N9O11. The lowest BCUT2D eigenvalue weighted by molar-refractivity contribution is -0.148. The van der Waals surface area contributed by atoms with E-state index in [0.29, 0.717) is 82.6 Å². The highest BCUT2D eigenvalue weighted by molar-refractivity contribution is 5.91. The van der Waals surface area contributed by atoms with E-state index in [-0.39, 0.29) is 66.4 Å². The summed E-state index contributed by atoms with van der Waals surface area (Å²) in [6, 6.07) is 12.6. The van der Waals surface area contributed by atoms with E-state index in [9.17, 15) is 38.7 Å². The third kappa shape index (κ3) is 17.9. The van der Waals surface area contributed by atoms with Crippen LogP contribution in [0.4, 0.5) is 15.3 Å². The van der Waals surface area contributed by atoms with E-state index in [1.807, 2.05) is 64.6 Å². The molecule has 424 valence electrons. The molecule has 20 heteroatoms. The van der Waals surface area contributed by atoms with Gasteiger partial charge in [0.25, 0.3) is 0 Å². The number of anilines is 1. The first-order valence-electron chi connectivity index (χ1n) is 27.2. The first-order chi connectivity index (χ1) is 36.1. The molecule has 2 saturated heterocycles. The van der Waals surface area contributed by atoms with Gasteiger partial charge in [0.2, 0.25) is 29.5 Å². The maximum Gasteiger partial charge on any atom is 0.410 e. The Bertz CT molecular complexity index is 2180. The van der Waals surface area contributed by atoms with E-state index < -0.39 is 60.5 Å². The predicted octanol–water partition coefficient (Wildman–Crippen LogP) is 5.04. The van der Waals surface area contributed by atoms with Gasteiger partial charge < -0.3 is 61.0 Å². The number of likely N-dealkylation sites (N-methyl/N-ethyl adjacent to an activating group) is 1. The zero-order valence-electron chi connectivity index (χ0n) is 46.9. The number of piperazine rings is 1. The van der Waals surface area contributed by atoms with Crippen LogP contribution in [-0.4, -0.2) is 169 Å². The van der Waals surface area contributed by atoms with Crippen molar-refractivity contribution in [2.24, 2.45) is 29.4 Å². The number of methoxy groups -OCH3 is 2. The Morgan fingerprint density at radius 3 is 2.05 bits per heavy atom. The summed E-state index contributed by atoms with van der Waals surface area (Å²) in [6.07, 6.45) is 0.818. The third-order valence-corrected chi connectivity index (χ3v) is 15.1. The van der Waals surface area contributed by atoms with Gasteiger partial charge in [-0.05, 0) is 73.6 Å². The molecular weight excluding hydrogens is 975 g/mol. The van der Waals surface area contributed by atoms with Crippen molar-refractivity contribution in [3.63, 3.8) is 0 Å². The second kappa shape index (κ2) is 30.8. The van der Waals surface area contributed by atoms with Gasteiger partial charge in [0, 0.05) is 72.6 Å². The minimum Gasteiger partial charge on any atom is -0.445 e. The molecule has 7 N–H and O–H groups in total. The number of aliphatic hydroxyl groups is 1. The fourth-order valence-corrected chi connectivity index (χ4v) is 10.5. The Hall–Kier alpha value is -5.83. The van der Waals surface area contributed by atoms with Crippen LogP contribution in [0.1, 0.15) is 118 Å². The molecule has 4 rings (SSSR count). The Morgan fingerprint density at radius 1 is 0.816 bits per heavy atom. The quantitative estimate of drug-likeness (QED) is 0.0613. The number of aliphatic hydroxyl groups excluding tert-OH is 1. The largest absolute Gasteiger partial charge is 0.445 e. The molecule has 76 heavy (non-hydrogen) atoms. The average molecular weight is 1060 g/mol. The lowest BCUT2D eigenvalue weighted by Crippen LogP contribution is -2.62. The van der Waals surface area contributed by atoms with Gasteiger partial charge in [0.1, 0.15) is 12.6 Å². The van der Waals surface area contributed by atoms with Crippen molar-refractivity contribution in [2.75, 3.05) is 65.9 Å². The van der Waals surface area contributed by atoms with Crippen LogP contribution >= 0.6 is 0 Å². The molecule has 0 saturated carbocycles. The lowest BCUT2D eigenvalue weighted by atomic mass is 9.89. The van der Waals surface area contributed by atoms with Gasteiger partial charge in [-0.2, -0.15) is 0 Å². The number of unbranched alkanes of at least 4 members (excludes halogenated alkanes) is 1. The fraction of sp³-hybridized carbons (Fsp3) is 0.661. The number of benzene rings is 2. The molecule has 2 aliphatic heterocycles. The normalized spacial score (nSPS) is 18.6. The summed E-state index contributed by atoms with van der Waals surface area (Å²) in [7, 11) is 4.79. The molecule has 2 heterocycles. The summed E-state index contributed by atoms with van der Waals surface area (Å²) in [5, 5.41) is 22.3. The minimum absolute atomic E-state index is 0.0264. The summed E-state index contributed by atoms with van der Waals surface area (Å²) in [6.45, 7) is 17.7. The summed E-state index contributed by atoms with van der Waals surface area (Å²) in [5.41, 5.74) is 7.11. The van der Waals surface area contributed by atoms with Gasteiger partial charge in [0.05, 0.1) is 54.8 Å². The highest BCUT2D eigenvalue weighted by atomic mass is 16.6. The van der Waals surface area contributed by atoms with Crippen molar-refractivity contribution in [3.05, 3.63) is 65.7 Å². The Kier molecular flexibility index (Phi) is 25.4. The van der Waals surface area contributed by atoms with Crippen LogP contribution < -0.4 is 27.0 Å². The number of carbonyl (C=O) groups is 7. The van der Waals surface area contributed by atoms with Gasteiger partial charge >= 0.3 is 12.1 Å². The first kappa shape index (κ1) is 62.7. The van der Waals surface area contributed by atoms with Crippen LogP contribution in [0.3, 0.4) is 0 Å². The van der Waals surface area contributed by atoms with E-state index in [1.165, 1.54) is 0 Å². The van der Waals surface area contributed by atoms with Crippen LogP contribution in [-0.2, 0) is 44.8 Å². The molecule has 20 nitrogen and oxygen atoms in total. The number of nitrogens with zero attached hydrogens (tertiary/aromatic N) is 4. The molecule has 0 aromatic heterocycles. The van der Waals surface area contributed by atoms with Crippen LogP contribution in [0.15, 0.2) is 54.6 Å². The van der Waals surface area contributed by atoms with E-state index in [2.05, 4.69) is 21.3 Å². The number of amides is 8. The van der Waals surface area contributed by atoms with E-state index in [4.69, 9.17) is 19.9 Å². The predicted molar refractivity (Wildman–Crippen MR) is 290 cm³/mol. The first-order valence-corrected chi connectivity index (χ1v) is 27.2. The second-order valence-corrected chi connectivity index (χ2v) is 21.2.